The van der Waals surface area contributed by atoms with Gasteiger partial charge in [-0.05, 0) is 164 Å². The second-order valence-electron chi connectivity index (χ2n) is 19.7. The summed E-state index contributed by atoms with van der Waals surface area (Å²) in [5.74, 6) is 0. The number of nitrogens with zero attached hydrogens (tertiary/aromatic N) is 2. The van der Waals surface area contributed by atoms with Gasteiger partial charge in [0.15, 0.2) is 0 Å². The summed E-state index contributed by atoms with van der Waals surface area (Å²) in [6.45, 7) is 22.7. The van der Waals surface area contributed by atoms with Gasteiger partial charge in [-0.3, -0.25) is 0 Å². The molecule has 0 spiro atoms. The second-order valence-corrected chi connectivity index (χ2v) is 24.8. The molecule has 0 aliphatic heterocycles. The van der Waals surface area contributed by atoms with Crippen LogP contribution in [0.15, 0.2) is 170 Å². The maximum absolute atomic E-state index is 2.52. The Balaban J connectivity index is 1.38. The third-order valence-corrected chi connectivity index (χ3v) is 15.3. The van der Waals surface area contributed by atoms with Crippen molar-refractivity contribution >= 4 is 79.7 Å². The van der Waals surface area contributed by atoms with Gasteiger partial charge in [0.1, 0.15) is 0 Å². The second kappa shape index (κ2) is 16.2. The third-order valence-electron chi connectivity index (χ3n) is 13.3. The Morgan fingerprint density at radius 2 is 0.615 bits per heavy atom. The molecular weight excluding hydrogens is 801 g/mol. The van der Waals surface area contributed by atoms with E-state index in [1.807, 2.05) is 0 Å². The summed E-state index contributed by atoms with van der Waals surface area (Å²) < 4.78 is 0. The zero-order chi connectivity index (χ0) is 45.3. The molecule has 0 heterocycles. The molecule has 0 fully saturated rings. The van der Waals surface area contributed by atoms with E-state index in [4.69, 9.17) is 0 Å². The van der Waals surface area contributed by atoms with E-state index in [0.29, 0.717) is 0 Å². The average molecular weight is 859 g/mol. The standard InChI is InChI=1S/C62H58N2Si/c1-39-11-17-46(18-12-39)57-37-59(63(48-21-15-41(3)16-22-48)50-33-42(4)31-43(5)34-50)55-29-27-54-58(47-19-13-40(2)14-20-47)38-60(56-30-28-53(57)61(55)62(54)56)64(51-35-44(6)32-45(7)36-51)49-23-25-52(26-24-49)65(8,9)10/h11-38H,1-10H3. The van der Waals surface area contributed by atoms with E-state index in [-0.39, 0.29) is 0 Å². The molecule has 3 heteroatoms. The Kier molecular flexibility index (Phi) is 10.5. The normalized spacial score (nSPS) is 11.8. The van der Waals surface area contributed by atoms with Gasteiger partial charge in [-0.25, -0.2) is 0 Å². The number of benzene rings is 10. The summed E-state index contributed by atoms with van der Waals surface area (Å²) in [5.41, 5.74) is 20.5. The van der Waals surface area contributed by atoms with Crippen LogP contribution in [-0.4, -0.2) is 8.07 Å². The highest BCUT2D eigenvalue weighted by Gasteiger charge is 2.27. The van der Waals surface area contributed by atoms with Crippen molar-refractivity contribution < 1.29 is 0 Å². The molecule has 0 atom stereocenters. The summed E-state index contributed by atoms with van der Waals surface area (Å²) in [4.78, 5) is 5.01. The fraction of sp³-hybridized carbons (Fsp3) is 0.161. The molecule has 0 N–H and O–H groups in total. The van der Waals surface area contributed by atoms with Crippen molar-refractivity contribution in [3.8, 4) is 22.3 Å². The van der Waals surface area contributed by atoms with Crippen molar-refractivity contribution in [1.29, 1.82) is 0 Å². The highest BCUT2D eigenvalue weighted by Crippen LogP contribution is 2.52. The van der Waals surface area contributed by atoms with E-state index in [1.165, 1.54) is 104 Å². The summed E-state index contributed by atoms with van der Waals surface area (Å²) in [6, 6.07) is 65.1. The van der Waals surface area contributed by atoms with Gasteiger partial charge in [0.25, 0.3) is 0 Å². The van der Waals surface area contributed by atoms with Crippen molar-refractivity contribution in [2.24, 2.45) is 0 Å². The van der Waals surface area contributed by atoms with E-state index >= 15 is 0 Å². The number of rotatable bonds is 9. The van der Waals surface area contributed by atoms with Crippen LogP contribution in [0.25, 0.3) is 54.6 Å². The van der Waals surface area contributed by atoms with Gasteiger partial charge in [-0.2, -0.15) is 0 Å². The first-order valence-corrected chi connectivity index (χ1v) is 26.6. The van der Waals surface area contributed by atoms with Crippen LogP contribution < -0.4 is 15.0 Å². The highest BCUT2D eigenvalue weighted by molar-refractivity contribution is 6.88. The minimum absolute atomic E-state index is 1.13. The molecule has 0 bridgehead atoms. The molecule has 2 nitrogen and oxygen atoms in total. The van der Waals surface area contributed by atoms with Gasteiger partial charge in [0, 0.05) is 44.3 Å². The minimum Gasteiger partial charge on any atom is -0.310 e. The molecule has 10 rings (SSSR count). The average Bonchev–Trinajstić information content (AvgIpc) is 3.27. The quantitative estimate of drug-likeness (QED) is 0.105. The molecule has 10 aromatic carbocycles. The number of aryl methyl sites for hydroxylation is 7. The van der Waals surface area contributed by atoms with Crippen LogP contribution in [0.2, 0.25) is 19.6 Å². The lowest BCUT2D eigenvalue weighted by molar-refractivity contribution is 1.26. The van der Waals surface area contributed by atoms with Gasteiger partial charge in [-0.15, -0.1) is 0 Å². The Labute approximate surface area is 386 Å². The maximum atomic E-state index is 2.52. The summed E-state index contributed by atoms with van der Waals surface area (Å²) in [7, 11) is -1.55. The first-order valence-electron chi connectivity index (χ1n) is 23.1. The molecule has 0 aliphatic rings. The molecule has 0 amide bonds. The predicted molar refractivity (Wildman–Crippen MR) is 287 cm³/mol. The van der Waals surface area contributed by atoms with Crippen LogP contribution >= 0.6 is 0 Å². The van der Waals surface area contributed by atoms with Gasteiger partial charge >= 0.3 is 0 Å². The molecule has 0 aliphatic carbocycles. The van der Waals surface area contributed by atoms with Gasteiger partial charge < -0.3 is 9.80 Å². The fourth-order valence-corrected chi connectivity index (χ4v) is 11.3. The monoisotopic (exact) mass is 858 g/mol. The summed E-state index contributed by atoms with van der Waals surface area (Å²) in [5, 5.41) is 8.95. The maximum Gasteiger partial charge on any atom is 0.0775 e. The van der Waals surface area contributed by atoms with Crippen molar-refractivity contribution in [2.75, 3.05) is 9.80 Å². The Hall–Kier alpha value is -6.94. The van der Waals surface area contributed by atoms with Crippen molar-refractivity contribution in [3.63, 3.8) is 0 Å². The smallest absolute Gasteiger partial charge is 0.0775 e. The molecule has 0 saturated carbocycles. The van der Waals surface area contributed by atoms with Crippen molar-refractivity contribution in [3.05, 3.63) is 209 Å². The fourth-order valence-electron chi connectivity index (χ4n) is 10.1. The Morgan fingerprint density at radius 1 is 0.292 bits per heavy atom. The topological polar surface area (TPSA) is 6.48 Å². The SMILES string of the molecule is Cc1ccc(-c2cc(N(c3ccc(C)cc3)c3cc(C)cc(C)c3)c3ccc4c(-c5ccc(C)cc5)cc(N(c5ccc([Si](C)(C)C)cc5)c5cc(C)cc(C)c5)c5ccc2c3c45)cc1. The van der Waals surface area contributed by atoms with E-state index in [9.17, 15) is 0 Å². The molecule has 65 heavy (non-hydrogen) atoms. The number of hydrogen-bond donors (Lipinski definition) is 0. The Morgan fingerprint density at radius 3 is 0.969 bits per heavy atom. The molecule has 0 saturated heterocycles. The number of anilines is 6. The van der Waals surface area contributed by atoms with E-state index < -0.39 is 8.07 Å². The van der Waals surface area contributed by atoms with Crippen molar-refractivity contribution in [1.82, 2.24) is 0 Å². The lowest BCUT2D eigenvalue weighted by Gasteiger charge is -2.31. The van der Waals surface area contributed by atoms with Gasteiger partial charge in [-0.1, -0.05) is 151 Å². The Bertz CT molecular complexity index is 3350. The molecular formula is C62H58N2Si. The van der Waals surface area contributed by atoms with Crippen LogP contribution in [0.1, 0.15) is 38.9 Å². The van der Waals surface area contributed by atoms with Crippen LogP contribution in [0.3, 0.4) is 0 Å². The third kappa shape index (κ3) is 7.78. The largest absolute Gasteiger partial charge is 0.310 e. The molecule has 10 aromatic rings. The lowest BCUT2D eigenvalue weighted by atomic mass is 9.85. The van der Waals surface area contributed by atoms with Gasteiger partial charge in [0.05, 0.1) is 19.4 Å². The van der Waals surface area contributed by atoms with Crippen LogP contribution in [0.4, 0.5) is 34.1 Å². The molecule has 0 radical (unpaired) electrons. The minimum atomic E-state index is -1.55. The number of hydrogen-bond acceptors (Lipinski definition) is 2. The molecule has 0 aromatic heterocycles. The first-order chi connectivity index (χ1) is 31.2. The predicted octanol–water partition coefficient (Wildman–Crippen LogP) is 17.6. The first kappa shape index (κ1) is 42.0. The highest BCUT2D eigenvalue weighted by atomic mass is 28.3. The van der Waals surface area contributed by atoms with E-state index in [2.05, 4.69) is 248 Å². The van der Waals surface area contributed by atoms with E-state index in [1.54, 1.807) is 0 Å². The molecule has 0 unspecified atom stereocenters. The van der Waals surface area contributed by atoms with E-state index in [0.717, 1.165) is 28.4 Å². The van der Waals surface area contributed by atoms with Crippen LogP contribution in [0, 0.1) is 48.5 Å². The summed E-state index contributed by atoms with van der Waals surface area (Å²) in [6.07, 6.45) is 0. The van der Waals surface area contributed by atoms with Crippen molar-refractivity contribution in [2.45, 2.75) is 68.1 Å². The zero-order valence-electron chi connectivity index (χ0n) is 39.6. The van der Waals surface area contributed by atoms with Crippen LogP contribution in [-0.2, 0) is 0 Å². The van der Waals surface area contributed by atoms with Gasteiger partial charge in [0.2, 0.25) is 0 Å². The summed E-state index contributed by atoms with van der Waals surface area (Å²) >= 11 is 0. The molecule has 320 valence electrons. The van der Waals surface area contributed by atoms with Crippen LogP contribution in [0.5, 0.6) is 0 Å². The lowest BCUT2D eigenvalue weighted by Crippen LogP contribution is -2.37. The zero-order valence-corrected chi connectivity index (χ0v) is 40.6.